The fourth-order valence-corrected chi connectivity index (χ4v) is 1.46. The summed E-state index contributed by atoms with van der Waals surface area (Å²) in [6.45, 7) is 0. The van der Waals surface area contributed by atoms with Gasteiger partial charge in [0, 0.05) is 16.9 Å². The Morgan fingerprint density at radius 2 is 2.00 bits per heavy atom. The highest BCUT2D eigenvalue weighted by Crippen LogP contribution is 2.16. The Balaban J connectivity index is 2.33. The van der Waals surface area contributed by atoms with Gasteiger partial charge in [0.25, 0.3) is 0 Å². The van der Waals surface area contributed by atoms with Crippen molar-refractivity contribution in [1.82, 2.24) is 0 Å². The monoisotopic (exact) mass is 161 g/mol. The quantitative estimate of drug-likeness (QED) is 0.612. The fraction of sp³-hybridized carbons (Fsp3) is 0. The number of anilines is 1. The summed E-state index contributed by atoms with van der Waals surface area (Å²) in [7, 11) is 0. The highest BCUT2D eigenvalue weighted by Gasteiger charge is 1.98. The van der Waals surface area contributed by atoms with Crippen molar-refractivity contribution in [2.45, 2.75) is 0 Å². The Morgan fingerprint density at radius 3 is 2.64 bits per heavy atom. The molecule has 0 N–H and O–H groups in total. The largest absolute Gasteiger partial charge is 0.274 e. The van der Waals surface area contributed by atoms with Gasteiger partial charge in [-0.3, -0.25) is 4.90 Å². The second-order valence-corrected chi connectivity index (χ2v) is 2.89. The van der Waals surface area contributed by atoms with Crippen LogP contribution in [0.1, 0.15) is 0 Å². The third kappa shape index (κ3) is 1.27. The highest BCUT2D eigenvalue weighted by molar-refractivity contribution is 7.91. The zero-order valence-electron chi connectivity index (χ0n) is 5.90. The third-order valence-electron chi connectivity index (χ3n) is 1.46. The summed E-state index contributed by atoms with van der Waals surface area (Å²) in [5, 5.41) is 5.12. The molecule has 0 amide bonds. The summed E-state index contributed by atoms with van der Waals surface area (Å²) >= 11 is 1.57. The third-order valence-corrected chi connectivity index (χ3v) is 2.02. The minimum atomic E-state index is 1.16. The van der Waals surface area contributed by atoms with Crippen LogP contribution in [0.2, 0.25) is 0 Å². The van der Waals surface area contributed by atoms with Crippen LogP contribution in [-0.2, 0) is 0 Å². The Labute approximate surface area is 69.6 Å². The van der Waals surface area contributed by atoms with E-state index in [4.69, 9.17) is 0 Å². The van der Waals surface area contributed by atoms with Crippen molar-refractivity contribution < 1.29 is 0 Å². The summed E-state index contributed by atoms with van der Waals surface area (Å²) in [5.74, 6) is 0. The van der Waals surface area contributed by atoms with Crippen molar-refractivity contribution in [3.63, 3.8) is 0 Å². The zero-order chi connectivity index (χ0) is 7.52. The molecule has 11 heavy (non-hydrogen) atoms. The SMILES string of the molecule is C1#SC=CN1c1ccccc1. The molecule has 0 aromatic heterocycles. The van der Waals surface area contributed by atoms with Crippen molar-refractivity contribution in [2.75, 3.05) is 4.90 Å². The summed E-state index contributed by atoms with van der Waals surface area (Å²) in [5.41, 5.74) is 1.16. The van der Waals surface area contributed by atoms with Gasteiger partial charge in [0.15, 0.2) is 0 Å². The number of para-hydroxylation sites is 1. The van der Waals surface area contributed by atoms with E-state index in [0.29, 0.717) is 0 Å². The van der Waals surface area contributed by atoms with Gasteiger partial charge in [0.2, 0.25) is 0 Å². The predicted molar refractivity (Wildman–Crippen MR) is 49.5 cm³/mol. The molecule has 0 bridgehead atoms. The topological polar surface area (TPSA) is 3.24 Å². The lowest BCUT2D eigenvalue weighted by Gasteiger charge is -2.08. The van der Waals surface area contributed by atoms with Gasteiger partial charge in [-0.2, -0.15) is 0 Å². The van der Waals surface area contributed by atoms with E-state index in [1.54, 1.807) is 11.2 Å². The van der Waals surface area contributed by atoms with Crippen molar-refractivity contribution in [1.29, 1.82) is 0 Å². The van der Waals surface area contributed by atoms with Gasteiger partial charge in [0.1, 0.15) is 0 Å². The molecule has 0 saturated carbocycles. The van der Waals surface area contributed by atoms with Crippen LogP contribution in [0.5, 0.6) is 0 Å². The first kappa shape index (κ1) is 6.47. The lowest BCUT2D eigenvalue weighted by Crippen LogP contribution is -2.03. The lowest BCUT2D eigenvalue weighted by molar-refractivity contribution is 1.36. The molecule has 0 atom stereocenters. The molecule has 54 valence electrons. The maximum absolute atomic E-state index is 3.11. The van der Waals surface area contributed by atoms with Crippen LogP contribution in [0.4, 0.5) is 5.69 Å². The summed E-state index contributed by atoms with van der Waals surface area (Å²) in [6, 6.07) is 10.2. The van der Waals surface area contributed by atoms with Crippen LogP contribution in [-0.4, -0.2) is 0 Å². The average Bonchev–Trinajstić information content (AvgIpc) is 2.58. The average molecular weight is 161 g/mol. The van der Waals surface area contributed by atoms with Crippen LogP contribution < -0.4 is 4.90 Å². The second kappa shape index (κ2) is 2.79. The number of hydrogen-bond donors (Lipinski definition) is 0. The molecular formula is C9H7NS. The second-order valence-electron chi connectivity index (χ2n) is 2.20. The van der Waals surface area contributed by atoms with Gasteiger partial charge < -0.3 is 0 Å². The first-order chi connectivity index (χ1) is 5.47. The maximum atomic E-state index is 3.11. The van der Waals surface area contributed by atoms with E-state index in [1.807, 2.05) is 34.7 Å². The molecule has 1 aromatic rings. The van der Waals surface area contributed by atoms with Crippen LogP contribution in [0, 0.1) is 5.31 Å². The van der Waals surface area contributed by atoms with E-state index in [0.717, 1.165) is 5.69 Å². The first-order valence-corrected chi connectivity index (χ1v) is 4.27. The van der Waals surface area contributed by atoms with Crippen LogP contribution in [0.15, 0.2) is 41.9 Å². The zero-order valence-corrected chi connectivity index (χ0v) is 6.71. The molecule has 2 rings (SSSR count). The minimum Gasteiger partial charge on any atom is -0.274 e. The number of benzene rings is 1. The normalized spacial score (nSPS) is 13.6. The Morgan fingerprint density at radius 1 is 1.18 bits per heavy atom. The molecule has 0 spiro atoms. The molecule has 0 fully saturated rings. The molecular weight excluding hydrogens is 154 g/mol. The van der Waals surface area contributed by atoms with Crippen molar-refractivity contribution >= 4 is 16.9 Å². The van der Waals surface area contributed by atoms with Gasteiger partial charge in [-0.15, -0.1) is 0 Å². The van der Waals surface area contributed by atoms with Gasteiger partial charge >= 0.3 is 0 Å². The van der Waals surface area contributed by atoms with E-state index in [1.165, 1.54) is 0 Å². The summed E-state index contributed by atoms with van der Waals surface area (Å²) in [6.07, 6.45) is 2.00. The molecule has 0 aliphatic carbocycles. The minimum absolute atomic E-state index is 1.16. The van der Waals surface area contributed by atoms with Gasteiger partial charge in [-0.05, 0) is 12.1 Å². The van der Waals surface area contributed by atoms with Crippen LogP contribution >= 0.6 is 11.2 Å². The maximum Gasteiger partial charge on any atom is 0.0540 e. The Bertz CT molecular complexity index is 332. The smallest absolute Gasteiger partial charge is 0.0540 e. The Hall–Kier alpha value is -1.24. The van der Waals surface area contributed by atoms with E-state index >= 15 is 0 Å². The predicted octanol–water partition coefficient (Wildman–Crippen LogP) is 2.63. The molecule has 1 aromatic carbocycles. The molecule has 0 radical (unpaired) electrons. The number of rotatable bonds is 1. The number of nitrogens with zero attached hydrogens (tertiary/aromatic N) is 1. The van der Waals surface area contributed by atoms with Gasteiger partial charge in [0.05, 0.1) is 5.69 Å². The lowest BCUT2D eigenvalue weighted by atomic mass is 10.3. The molecule has 1 nitrogen and oxygen atoms in total. The fourth-order valence-electron chi connectivity index (χ4n) is 0.936. The van der Waals surface area contributed by atoms with E-state index in [9.17, 15) is 0 Å². The van der Waals surface area contributed by atoms with Gasteiger partial charge in [-0.1, -0.05) is 29.4 Å². The summed E-state index contributed by atoms with van der Waals surface area (Å²) < 4.78 is 0. The standard InChI is InChI=1S/C9H7NS/c1-2-4-9(5-3-1)10-6-7-11-8-10/h1-7H. The molecule has 0 saturated heterocycles. The van der Waals surface area contributed by atoms with E-state index < -0.39 is 0 Å². The summed E-state index contributed by atoms with van der Waals surface area (Å²) in [4.78, 5) is 1.98. The van der Waals surface area contributed by atoms with Crippen molar-refractivity contribution in [3.8, 4) is 5.31 Å². The van der Waals surface area contributed by atoms with Crippen LogP contribution in [0.25, 0.3) is 0 Å². The van der Waals surface area contributed by atoms with Crippen molar-refractivity contribution in [2.24, 2.45) is 0 Å². The van der Waals surface area contributed by atoms with Crippen LogP contribution in [0.3, 0.4) is 0 Å². The molecule has 1 heterocycles. The van der Waals surface area contributed by atoms with Gasteiger partial charge in [-0.25, -0.2) is 0 Å². The van der Waals surface area contributed by atoms with E-state index in [-0.39, 0.29) is 0 Å². The molecule has 1 aliphatic rings. The molecule has 1 aliphatic heterocycles. The highest BCUT2D eigenvalue weighted by atomic mass is 32.1. The van der Waals surface area contributed by atoms with Crippen molar-refractivity contribution in [3.05, 3.63) is 41.9 Å². The molecule has 0 unspecified atom stereocenters. The molecule has 2 heteroatoms. The van der Waals surface area contributed by atoms with E-state index in [2.05, 4.69) is 17.4 Å². The first-order valence-electron chi connectivity index (χ1n) is 3.39. The number of hydrogen-bond acceptors (Lipinski definition) is 1. The Kier molecular flexibility index (Phi) is 1.64.